The molecule has 0 saturated heterocycles. The number of para-hydroxylation sites is 1. The lowest BCUT2D eigenvalue weighted by molar-refractivity contribution is 0.0529. The Morgan fingerprint density at radius 2 is 2.11 bits per heavy atom. The van der Waals surface area contributed by atoms with E-state index in [2.05, 4.69) is 15.5 Å². The molecule has 100 valence electrons. The molecular weight excluding hydrogens is 242 g/mol. The molecule has 2 N–H and O–H groups in total. The van der Waals surface area contributed by atoms with Gasteiger partial charge in [0.2, 0.25) is 0 Å². The highest BCUT2D eigenvalue weighted by Crippen LogP contribution is 2.15. The summed E-state index contributed by atoms with van der Waals surface area (Å²) in [6.07, 6.45) is 2.86. The van der Waals surface area contributed by atoms with Crippen molar-refractivity contribution in [2.45, 2.75) is 26.4 Å². The highest BCUT2D eigenvalue weighted by Gasteiger charge is 2.15. The van der Waals surface area contributed by atoms with E-state index in [1.807, 2.05) is 30.5 Å². The number of hydrogen-bond acceptors (Lipinski definition) is 3. The lowest BCUT2D eigenvalue weighted by Gasteiger charge is -2.18. The molecule has 1 aromatic heterocycles. The van der Waals surface area contributed by atoms with Crippen LogP contribution in [0, 0.1) is 0 Å². The number of ether oxygens (including phenoxy) is 1. The van der Waals surface area contributed by atoms with E-state index in [1.165, 1.54) is 0 Å². The van der Waals surface area contributed by atoms with Gasteiger partial charge < -0.3 is 9.72 Å². The van der Waals surface area contributed by atoms with Gasteiger partial charge in [-0.25, -0.2) is 10.2 Å². The fourth-order valence-electron chi connectivity index (χ4n) is 1.66. The van der Waals surface area contributed by atoms with Crippen LogP contribution in [0.2, 0.25) is 0 Å². The maximum absolute atomic E-state index is 11.4. The number of benzene rings is 1. The second-order valence-electron chi connectivity index (χ2n) is 5.16. The van der Waals surface area contributed by atoms with Crippen molar-refractivity contribution >= 4 is 23.2 Å². The molecule has 1 amide bonds. The molecule has 2 rings (SSSR count). The summed E-state index contributed by atoms with van der Waals surface area (Å²) < 4.78 is 5.07. The minimum Gasteiger partial charge on any atom is -0.443 e. The third kappa shape index (κ3) is 3.58. The number of hydrazone groups is 1. The molecule has 19 heavy (non-hydrogen) atoms. The molecule has 0 saturated carbocycles. The average molecular weight is 259 g/mol. The molecule has 0 aliphatic carbocycles. The van der Waals surface area contributed by atoms with Crippen LogP contribution in [0.5, 0.6) is 0 Å². The zero-order valence-corrected chi connectivity index (χ0v) is 11.2. The predicted octanol–water partition coefficient (Wildman–Crippen LogP) is 3.03. The highest BCUT2D eigenvalue weighted by atomic mass is 16.6. The molecule has 2 aromatic rings. The van der Waals surface area contributed by atoms with Crippen molar-refractivity contribution in [2.24, 2.45) is 5.10 Å². The average Bonchev–Trinajstić information content (AvgIpc) is 2.70. The smallest absolute Gasteiger partial charge is 0.428 e. The zero-order valence-electron chi connectivity index (χ0n) is 11.2. The third-order valence-corrected chi connectivity index (χ3v) is 2.38. The van der Waals surface area contributed by atoms with Gasteiger partial charge >= 0.3 is 6.09 Å². The van der Waals surface area contributed by atoms with Crippen molar-refractivity contribution in [1.29, 1.82) is 0 Å². The summed E-state index contributed by atoms with van der Waals surface area (Å²) in [6, 6.07) is 7.88. The molecular formula is C14H17N3O2. The second kappa shape index (κ2) is 5.14. The van der Waals surface area contributed by atoms with Gasteiger partial charge in [0, 0.05) is 22.7 Å². The first kappa shape index (κ1) is 13.1. The van der Waals surface area contributed by atoms with Crippen LogP contribution in [0.4, 0.5) is 4.79 Å². The number of H-pyrrole nitrogens is 1. The molecule has 0 radical (unpaired) electrons. The monoisotopic (exact) mass is 259 g/mol. The number of aromatic amines is 1. The summed E-state index contributed by atoms with van der Waals surface area (Å²) in [4.78, 5) is 14.5. The molecule has 1 aromatic carbocycles. The van der Waals surface area contributed by atoms with Crippen LogP contribution in [0.25, 0.3) is 10.9 Å². The van der Waals surface area contributed by atoms with Crippen LogP contribution < -0.4 is 5.43 Å². The van der Waals surface area contributed by atoms with E-state index in [1.54, 1.807) is 27.0 Å². The topological polar surface area (TPSA) is 66.5 Å². The van der Waals surface area contributed by atoms with E-state index in [0.29, 0.717) is 0 Å². The Balaban J connectivity index is 2.01. The van der Waals surface area contributed by atoms with E-state index in [4.69, 9.17) is 4.74 Å². The van der Waals surface area contributed by atoms with Crippen LogP contribution in [0.15, 0.2) is 35.6 Å². The van der Waals surface area contributed by atoms with Gasteiger partial charge in [0.25, 0.3) is 0 Å². The molecule has 0 bridgehead atoms. The van der Waals surface area contributed by atoms with Crippen molar-refractivity contribution in [1.82, 2.24) is 10.4 Å². The quantitative estimate of drug-likeness (QED) is 0.643. The minimum atomic E-state index is -0.566. The fourth-order valence-corrected chi connectivity index (χ4v) is 1.66. The molecule has 0 atom stereocenters. The molecule has 0 fully saturated rings. The van der Waals surface area contributed by atoms with Gasteiger partial charge in [-0.3, -0.25) is 0 Å². The summed E-state index contributed by atoms with van der Waals surface area (Å²) in [5.74, 6) is 0. The Labute approximate surface area is 111 Å². The van der Waals surface area contributed by atoms with E-state index < -0.39 is 11.7 Å². The molecule has 5 heteroatoms. The maximum Gasteiger partial charge on any atom is 0.428 e. The van der Waals surface area contributed by atoms with Gasteiger partial charge in [-0.1, -0.05) is 18.2 Å². The molecule has 1 heterocycles. The van der Waals surface area contributed by atoms with Crippen molar-refractivity contribution in [2.75, 3.05) is 0 Å². The van der Waals surface area contributed by atoms with E-state index in [0.717, 1.165) is 16.5 Å². The van der Waals surface area contributed by atoms with Gasteiger partial charge in [0.15, 0.2) is 0 Å². The van der Waals surface area contributed by atoms with Crippen molar-refractivity contribution < 1.29 is 9.53 Å². The van der Waals surface area contributed by atoms with E-state index in [-0.39, 0.29) is 0 Å². The van der Waals surface area contributed by atoms with Gasteiger partial charge in [-0.05, 0) is 26.8 Å². The van der Waals surface area contributed by atoms with Gasteiger partial charge in [0.05, 0.1) is 6.21 Å². The minimum absolute atomic E-state index is 0.527. The maximum atomic E-state index is 11.4. The number of fused-ring (bicyclic) bond motifs is 1. The van der Waals surface area contributed by atoms with Crippen molar-refractivity contribution in [3.05, 3.63) is 36.0 Å². The zero-order chi connectivity index (χ0) is 13.9. The largest absolute Gasteiger partial charge is 0.443 e. The van der Waals surface area contributed by atoms with Crippen LogP contribution in [-0.4, -0.2) is 22.9 Å². The first-order valence-electron chi connectivity index (χ1n) is 6.04. The Morgan fingerprint density at radius 3 is 2.84 bits per heavy atom. The van der Waals surface area contributed by atoms with Gasteiger partial charge in [0.1, 0.15) is 5.60 Å². The number of nitrogens with one attached hydrogen (secondary N) is 2. The molecule has 0 aliphatic rings. The number of rotatable bonds is 2. The lowest BCUT2D eigenvalue weighted by atomic mass is 10.2. The van der Waals surface area contributed by atoms with Crippen molar-refractivity contribution in [3.63, 3.8) is 0 Å². The van der Waals surface area contributed by atoms with Crippen LogP contribution in [0.3, 0.4) is 0 Å². The lowest BCUT2D eigenvalue weighted by Crippen LogP contribution is -2.29. The number of aromatic nitrogens is 1. The first-order valence-corrected chi connectivity index (χ1v) is 6.04. The van der Waals surface area contributed by atoms with Gasteiger partial charge in [-0.15, -0.1) is 0 Å². The molecule has 0 spiro atoms. The highest BCUT2D eigenvalue weighted by molar-refractivity contribution is 5.99. The summed E-state index contributed by atoms with van der Waals surface area (Å²) in [6.45, 7) is 5.40. The van der Waals surface area contributed by atoms with Crippen molar-refractivity contribution in [3.8, 4) is 0 Å². The second-order valence-corrected chi connectivity index (χ2v) is 5.16. The molecule has 0 unspecified atom stereocenters. The standard InChI is InChI=1S/C14H17N3O2/c1-14(2,3)19-13(18)17-16-9-10-8-15-12-7-5-4-6-11(10)12/h4-9,15H,1-3H3,(H,17,18). The molecule has 0 aliphatic heterocycles. The summed E-state index contributed by atoms with van der Waals surface area (Å²) in [5.41, 5.74) is 3.75. The number of carbonyl (C=O) groups excluding carboxylic acids is 1. The predicted molar refractivity (Wildman–Crippen MR) is 75.3 cm³/mol. The van der Waals surface area contributed by atoms with Crippen LogP contribution >= 0.6 is 0 Å². The molecule has 5 nitrogen and oxygen atoms in total. The number of hydrogen-bond donors (Lipinski definition) is 2. The number of carbonyl (C=O) groups is 1. The summed E-state index contributed by atoms with van der Waals surface area (Å²) in [7, 11) is 0. The van der Waals surface area contributed by atoms with Crippen LogP contribution in [0.1, 0.15) is 26.3 Å². The number of nitrogens with zero attached hydrogens (tertiary/aromatic N) is 1. The fraction of sp³-hybridized carbons (Fsp3) is 0.286. The SMILES string of the molecule is CC(C)(C)OC(=O)NN=Cc1c[nH]c2ccccc12. The number of amides is 1. The van der Waals surface area contributed by atoms with E-state index in [9.17, 15) is 4.79 Å². The Kier molecular flexibility index (Phi) is 3.55. The normalized spacial score (nSPS) is 11.9. The van der Waals surface area contributed by atoms with Crippen LogP contribution in [-0.2, 0) is 4.74 Å². The summed E-state index contributed by atoms with van der Waals surface area (Å²) >= 11 is 0. The Hall–Kier alpha value is -2.30. The van der Waals surface area contributed by atoms with Gasteiger partial charge in [-0.2, -0.15) is 5.10 Å². The summed E-state index contributed by atoms with van der Waals surface area (Å²) in [5, 5.41) is 4.93. The first-order chi connectivity index (χ1) is 8.96. The van der Waals surface area contributed by atoms with E-state index >= 15 is 0 Å². The Bertz CT molecular complexity index is 608. The Morgan fingerprint density at radius 1 is 1.37 bits per heavy atom. The third-order valence-electron chi connectivity index (χ3n) is 2.38.